The molecule has 0 amide bonds. The number of carbonyl (C=O) groups is 1. The summed E-state index contributed by atoms with van der Waals surface area (Å²) < 4.78 is 6.43. The van der Waals surface area contributed by atoms with Crippen LogP contribution in [0.15, 0.2) is 9.95 Å². The van der Waals surface area contributed by atoms with Crippen molar-refractivity contribution in [3.8, 4) is 0 Å². The van der Waals surface area contributed by atoms with Crippen LogP contribution < -0.4 is 11.3 Å². The summed E-state index contributed by atoms with van der Waals surface area (Å²) in [6.07, 6.45) is 1.78. The smallest absolute Gasteiger partial charge is 0.326 e. The number of anilines is 1. The van der Waals surface area contributed by atoms with Gasteiger partial charge in [-0.25, -0.2) is 4.98 Å². The second-order valence-corrected chi connectivity index (χ2v) is 5.85. The van der Waals surface area contributed by atoms with Gasteiger partial charge >= 0.3 is 5.97 Å². The van der Waals surface area contributed by atoms with Crippen molar-refractivity contribution in [3.05, 3.63) is 16.0 Å². The number of aryl methyl sites for hydroxylation is 1. The molecule has 0 aliphatic heterocycles. The van der Waals surface area contributed by atoms with Crippen LogP contribution in [0, 0.1) is 6.92 Å². The topological polar surface area (TPSA) is 87.2 Å². The van der Waals surface area contributed by atoms with Gasteiger partial charge in [-0.2, -0.15) is 0 Å². The molecule has 1 aromatic heterocycles. The minimum absolute atomic E-state index is 0.0568. The van der Waals surface area contributed by atoms with E-state index < -0.39 is 17.1 Å². The van der Waals surface area contributed by atoms with Crippen molar-refractivity contribution in [1.29, 1.82) is 0 Å². The molecule has 19 heavy (non-hydrogen) atoms. The summed E-state index contributed by atoms with van der Waals surface area (Å²) >= 11 is 1.28. The molecule has 106 valence electrons. The van der Waals surface area contributed by atoms with Crippen LogP contribution in [0.5, 0.6) is 0 Å². The third-order valence-corrected chi connectivity index (χ3v) is 2.93. The number of nitrogens with two attached hydrogens (primary N) is 1. The first-order valence-corrected chi connectivity index (χ1v) is 7.01. The number of hydrogen-bond donors (Lipinski definition) is 1. The molecule has 0 spiro atoms. The Morgan fingerprint density at radius 1 is 1.47 bits per heavy atom. The van der Waals surface area contributed by atoms with Crippen molar-refractivity contribution in [2.45, 2.75) is 45.0 Å². The summed E-state index contributed by atoms with van der Waals surface area (Å²) in [6.45, 7) is 6.78. The van der Waals surface area contributed by atoms with Crippen LogP contribution in [0.4, 0.5) is 5.69 Å². The van der Waals surface area contributed by atoms with Gasteiger partial charge in [-0.3, -0.25) is 14.2 Å². The van der Waals surface area contributed by atoms with Crippen molar-refractivity contribution in [3.63, 3.8) is 0 Å². The van der Waals surface area contributed by atoms with Gasteiger partial charge in [-0.15, -0.1) is 0 Å². The molecule has 0 aliphatic rings. The maximum Gasteiger partial charge on any atom is 0.326 e. The average molecular weight is 285 g/mol. The van der Waals surface area contributed by atoms with Crippen molar-refractivity contribution < 1.29 is 9.53 Å². The van der Waals surface area contributed by atoms with Crippen LogP contribution >= 0.6 is 11.8 Å². The zero-order valence-corrected chi connectivity index (χ0v) is 12.6. The van der Waals surface area contributed by atoms with Crippen molar-refractivity contribution in [1.82, 2.24) is 9.55 Å². The zero-order chi connectivity index (χ0) is 14.8. The number of thioether (sulfide) groups is 1. The first kappa shape index (κ1) is 15.6. The highest BCUT2D eigenvalue weighted by Gasteiger charge is 2.19. The Labute approximate surface area is 116 Å². The molecule has 0 saturated heterocycles. The predicted molar refractivity (Wildman–Crippen MR) is 75.3 cm³/mol. The monoisotopic (exact) mass is 285 g/mol. The molecule has 0 atom stereocenters. The second kappa shape index (κ2) is 5.64. The van der Waals surface area contributed by atoms with Crippen molar-refractivity contribution in [2.24, 2.45) is 0 Å². The van der Waals surface area contributed by atoms with E-state index >= 15 is 0 Å². The molecule has 2 N–H and O–H groups in total. The van der Waals surface area contributed by atoms with Gasteiger partial charge in [0.15, 0.2) is 5.16 Å². The summed E-state index contributed by atoms with van der Waals surface area (Å²) in [4.78, 5) is 28.0. The zero-order valence-electron chi connectivity index (χ0n) is 11.8. The maximum absolute atomic E-state index is 12.0. The maximum atomic E-state index is 12.0. The SMILES string of the molecule is CSc1nc(C)c(N)c(=O)n1CC(=O)OC(C)(C)C. The molecule has 0 unspecified atom stereocenters. The summed E-state index contributed by atoms with van der Waals surface area (Å²) in [6, 6.07) is 0. The fourth-order valence-corrected chi connectivity index (χ4v) is 2.05. The highest BCUT2D eigenvalue weighted by molar-refractivity contribution is 7.98. The number of aromatic nitrogens is 2. The Morgan fingerprint density at radius 3 is 2.53 bits per heavy atom. The van der Waals surface area contributed by atoms with Crippen LogP contribution in [0.25, 0.3) is 0 Å². The Morgan fingerprint density at radius 2 is 2.05 bits per heavy atom. The van der Waals surface area contributed by atoms with E-state index in [1.54, 1.807) is 34.0 Å². The largest absolute Gasteiger partial charge is 0.459 e. The Bertz CT molecular complexity index is 546. The van der Waals surface area contributed by atoms with Gasteiger partial charge in [0.2, 0.25) is 0 Å². The molecule has 1 heterocycles. The highest BCUT2D eigenvalue weighted by atomic mass is 32.2. The third kappa shape index (κ3) is 3.99. The van der Waals surface area contributed by atoms with E-state index in [0.717, 1.165) is 0 Å². The molecule has 1 rings (SSSR count). The lowest BCUT2D eigenvalue weighted by molar-refractivity contribution is -0.155. The lowest BCUT2D eigenvalue weighted by Gasteiger charge is -2.20. The van der Waals surface area contributed by atoms with Crippen LogP contribution in [0.2, 0.25) is 0 Å². The lowest BCUT2D eigenvalue weighted by atomic mass is 10.2. The molecular weight excluding hydrogens is 266 g/mol. The van der Waals surface area contributed by atoms with E-state index in [1.165, 1.54) is 16.3 Å². The summed E-state index contributed by atoms with van der Waals surface area (Å²) in [5.41, 5.74) is 5.17. The number of nitrogens with zero attached hydrogens (tertiary/aromatic N) is 2. The molecule has 0 aliphatic carbocycles. The number of hydrogen-bond acceptors (Lipinski definition) is 6. The van der Waals surface area contributed by atoms with Crippen molar-refractivity contribution >= 4 is 23.4 Å². The fraction of sp³-hybridized carbons (Fsp3) is 0.583. The number of nitrogen functional groups attached to an aromatic ring is 1. The van der Waals surface area contributed by atoms with E-state index in [9.17, 15) is 9.59 Å². The first-order valence-electron chi connectivity index (χ1n) is 5.78. The number of ether oxygens (including phenoxy) is 1. The Hall–Kier alpha value is -1.50. The van der Waals surface area contributed by atoms with E-state index in [0.29, 0.717) is 10.9 Å². The van der Waals surface area contributed by atoms with E-state index in [4.69, 9.17) is 10.5 Å². The van der Waals surface area contributed by atoms with Gasteiger partial charge in [0.05, 0.1) is 5.69 Å². The van der Waals surface area contributed by atoms with Gasteiger partial charge < -0.3 is 10.5 Å². The number of carbonyl (C=O) groups excluding carboxylic acids is 1. The Kier molecular flexibility index (Phi) is 4.62. The van der Waals surface area contributed by atoms with Crippen LogP contribution in [0.3, 0.4) is 0 Å². The van der Waals surface area contributed by atoms with Gasteiger partial charge in [0, 0.05) is 0 Å². The lowest BCUT2D eigenvalue weighted by Crippen LogP contribution is -2.33. The third-order valence-electron chi connectivity index (χ3n) is 2.25. The van der Waals surface area contributed by atoms with Gasteiger partial charge in [-0.05, 0) is 34.0 Å². The van der Waals surface area contributed by atoms with Crippen LogP contribution in [-0.2, 0) is 16.1 Å². The fourth-order valence-electron chi connectivity index (χ4n) is 1.45. The summed E-state index contributed by atoms with van der Waals surface area (Å²) in [5.74, 6) is -0.491. The standard InChI is InChI=1S/C12H19N3O3S/c1-7-9(13)10(17)15(11(14-7)19-5)6-8(16)18-12(2,3)4/h6,13H2,1-5H3. The molecule has 0 radical (unpaired) electrons. The predicted octanol–water partition coefficient (Wildman–Crippen LogP) is 1.20. The van der Waals surface area contributed by atoms with Crippen LogP contribution in [-0.4, -0.2) is 27.4 Å². The molecule has 7 heteroatoms. The molecule has 0 saturated carbocycles. The number of esters is 1. The quantitative estimate of drug-likeness (QED) is 0.510. The Balaban J connectivity index is 3.11. The van der Waals surface area contributed by atoms with E-state index in [1.807, 2.05) is 0 Å². The molecule has 6 nitrogen and oxygen atoms in total. The minimum Gasteiger partial charge on any atom is -0.459 e. The molecular formula is C12H19N3O3S. The van der Waals surface area contributed by atoms with E-state index in [2.05, 4.69) is 4.98 Å². The molecule has 0 fully saturated rings. The van der Waals surface area contributed by atoms with Gasteiger partial charge in [0.1, 0.15) is 17.8 Å². The molecule has 0 aromatic carbocycles. The van der Waals surface area contributed by atoms with Crippen LogP contribution in [0.1, 0.15) is 26.5 Å². The summed E-state index contributed by atoms with van der Waals surface area (Å²) in [7, 11) is 0. The second-order valence-electron chi connectivity index (χ2n) is 5.08. The molecule has 0 bridgehead atoms. The normalized spacial score (nSPS) is 11.4. The van der Waals surface area contributed by atoms with E-state index in [-0.39, 0.29) is 12.2 Å². The highest BCUT2D eigenvalue weighted by Crippen LogP contribution is 2.14. The molecule has 1 aromatic rings. The average Bonchev–Trinajstić information content (AvgIpc) is 2.27. The minimum atomic E-state index is -0.593. The van der Waals surface area contributed by atoms with Gasteiger partial charge in [-0.1, -0.05) is 11.8 Å². The summed E-state index contributed by atoms with van der Waals surface area (Å²) in [5, 5.41) is 0.447. The number of rotatable bonds is 3. The van der Waals surface area contributed by atoms with Gasteiger partial charge in [0.25, 0.3) is 5.56 Å². The first-order chi connectivity index (χ1) is 8.65. The van der Waals surface area contributed by atoms with Crippen molar-refractivity contribution in [2.75, 3.05) is 12.0 Å².